The highest BCUT2D eigenvalue weighted by Gasteiger charge is 2.29. The second-order valence-corrected chi connectivity index (χ2v) is 7.33. The monoisotopic (exact) mass is 328 g/mol. The molecule has 2 rings (SSSR count). The summed E-state index contributed by atoms with van der Waals surface area (Å²) in [5.41, 5.74) is 6.13. The van der Waals surface area contributed by atoms with E-state index in [1.165, 1.54) is 10.4 Å². The van der Waals surface area contributed by atoms with Crippen LogP contribution >= 0.6 is 12.2 Å². The Morgan fingerprint density at radius 3 is 2.67 bits per heavy atom. The number of nitrogens with zero attached hydrogens (tertiary/aromatic N) is 1. The standard InChI is InChI=1S/C14H20N2O3S2/c1-2-19-12-6-8-16(9-7-12)21(17,18)13-5-3-4-11(10-13)14(15)20/h3-5,10,12H,2,6-9H2,1H3,(H2,15,20). The molecule has 116 valence electrons. The molecule has 0 unspecified atom stereocenters. The fourth-order valence-corrected chi connectivity index (χ4v) is 4.08. The molecule has 0 spiro atoms. The fraction of sp³-hybridized carbons (Fsp3) is 0.500. The van der Waals surface area contributed by atoms with Gasteiger partial charge in [-0.25, -0.2) is 8.42 Å². The van der Waals surface area contributed by atoms with Gasteiger partial charge in [-0.2, -0.15) is 4.31 Å². The summed E-state index contributed by atoms with van der Waals surface area (Å²) in [6.45, 7) is 3.56. The van der Waals surface area contributed by atoms with Crippen LogP contribution in [0.25, 0.3) is 0 Å². The summed E-state index contributed by atoms with van der Waals surface area (Å²) in [6.07, 6.45) is 1.61. The van der Waals surface area contributed by atoms with Crippen molar-refractivity contribution in [1.82, 2.24) is 4.31 Å². The first-order valence-electron chi connectivity index (χ1n) is 6.96. The molecule has 0 amide bonds. The molecule has 1 aromatic carbocycles. The van der Waals surface area contributed by atoms with Crippen LogP contribution in [0.1, 0.15) is 25.3 Å². The molecular weight excluding hydrogens is 308 g/mol. The molecule has 0 atom stereocenters. The van der Waals surface area contributed by atoms with Gasteiger partial charge in [0.25, 0.3) is 0 Å². The van der Waals surface area contributed by atoms with Crippen LogP contribution < -0.4 is 5.73 Å². The van der Waals surface area contributed by atoms with Crippen molar-refractivity contribution in [2.75, 3.05) is 19.7 Å². The molecule has 0 aromatic heterocycles. The number of nitrogens with two attached hydrogens (primary N) is 1. The molecule has 1 saturated heterocycles. The largest absolute Gasteiger partial charge is 0.389 e. The number of thiocarbonyl (C=S) groups is 1. The van der Waals surface area contributed by atoms with E-state index in [4.69, 9.17) is 22.7 Å². The number of hydrogen-bond acceptors (Lipinski definition) is 4. The van der Waals surface area contributed by atoms with Crippen LogP contribution in [0.3, 0.4) is 0 Å². The lowest BCUT2D eigenvalue weighted by Crippen LogP contribution is -2.40. The number of benzene rings is 1. The third-order valence-electron chi connectivity index (χ3n) is 3.56. The molecule has 1 aliphatic rings. The molecule has 1 heterocycles. The van der Waals surface area contributed by atoms with Gasteiger partial charge in [0.15, 0.2) is 0 Å². The normalized spacial score (nSPS) is 17.8. The van der Waals surface area contributed by atoms with Crippen LogP contribution in [0.2, 0.25) is 0 Å². The second kappa shape index (κ2) is 6.83. The first-order chi connectivity index (χ1) is 9.95. The molecule has 21 heavy (non-hydrogen) atoms. The summed E-state index contributed by atoms with van der Waals surface area (Å²) < 4.78 is 32.3. The molecule has 5 nitrogen and oxygen atoms in total. The Kier molecular flexibility index (Phi) is 5.32. The van der Waals surface area contributed by atoms with Crippen LogP contribution in [0.5, 0.6) is 0 Å². The lowest BCUT2D eigenvalue weighted by Gasteiger charge is -2.31. The minimum Gasteiger partial charge on any atom is -0.389 e. The molecule has 7 heteroatoms. The smallest absolute Gasteiger partial charge is 0.243 e. The average Bonchev–Trinajstić information content (AvgIpc) is 2.48. The van der Waals surface area contributed by atoms with Crippen molar-refractivity contribution in [1.29, 1.82) is 0 Å². The molecule has 0 radical (unpaired) electrons. The molecular formula is C14H20N2O3S2. The van der Waals surface area contributed by atoms with E-state index in [1.807, 2.05) is 6.92 Å². The van der Waals surface area contributed by atoms with E-state index in [0.29, 0.717) is 25.3 Å². The number of hydrogen-bond donors (Lipinski definition) is 1. The summed E-state index contributed by atoms with van der Waals surface area (Å²) in [5, 5.41) is 0. The lowest BCUT2D eigenvalue weighted by atomic mass is 10.1. The van der Waals surface area contributed by atoms with Crippen molar-refractivity contribution in [2.45, 2.75) is 30.8 Å². The second-order valence-electron chi connectivity index (χ2n) is 4.95. The topological polar surface area (TPSA) is 72.6 Å². The van der Waals surface area contributed by atoms with Crippen molar-refractivity contribution in [2.24, 2.45) is 5.73 Å². The van der Waals surface area contributed by atoms with E-state index in [1.54, 1.807) is 18.2 Å². The quantitative estimate of drug-likeness (QED) is 0.830. The van der Waals surface area contributed by atoms with Crippen LogP contribution in [-0.2, 0) is 14.8 Å². The number of ether oxygens (including phenoxy) is 1. The summed E-state index contributed by atoms with van der Waals surface area (Å²) in [4.78, 5) is 0.435. The summed E-state index contributed by atoms with van der Waals surface area (Å²) >= 11 is 4.90. The highest BCUT2D eigenvalue weighted by molar-refractivity contribution is 7.89. The number of sulfonamides is 1. The minimum atomic E-state index is -3.49. The van der Waals surface area contributed by atoms with Gasteiger partial charge in [0.2, 0.25) is 10.0 Å². The highest BCUT2D eigenvalue weighted by Crippen LogP contribution is 2.22. The summed E-state index contributed by atoms with van der Waals surface area (Å²) in [7, 11) is -3.49. The maximum absolute atomic E-state index is 12.6. The predicted molar refractivity (Wildman–Crippen MR) is 85.7 cm³/mol. The van der Waals surface area contributed by atoms with Crippen LogP contribution in [0.15, 0.2) is 29.2 Å². The first-order valence-corrected chi connectivity index (χ1v) is 8.81. The van der Waals surface area contributed by atoms with E-state index in [9.17, 15) is 8.42 Å². The summed E-state index contributed by atoms with van der Waals surface area (Å²) in [5.74, 6) is 0. The Morgan fingerprint density at radius 2 is 2.10 bits per heavy atom. The maximum Gasteiger partial charge on any atom is 0.243 e. The summed E-state index contributed by atoms with van der Waals surface area (Å²) in [6, 6.07) is 6.48. The zero-order valence-corrected chi connectivity index (χ0v) is 13.6. The Labute approximate surface area is 131 Å². The van der Waals surface area contributed by atoms with Gasteiger partial charge in [0.1, 0.15) is 4.99 Å². The van der Waals surface area contributed by atoms with Crippen LogP contribution in [0.4, 0.5) is 0 Å². The molecule has 1 aromatic rings. The van der Waals surface area contributed by atoms with Gasteiger partial charge in [0, 0.05) is 25.3 Å². The molecule has 0 bridgehead atoms. The fourth-order valence-electron chi connectivity index (χ4n) is 2.43. The minimum absolute atomic E-state index is 0.157. The third kappa shape index (κ3) is 3.79. The maximum atomic E-state index is 12.6. The first kappa shape index (κ1) is 16.4. The molecule has 1 fully saturated rings. The van der Waals surface area contributed by atoms with Crippen molar-refractivity contribution in [3.8, 4) is 0 Å². The highest BCUT2D eigenvalue weighted by atomic mass is 32.2. The van der Waals surface area contributed by atoms with Gasteiger partial charge in [0.05, 0.1) is 11.0 Å². The number of piperidine rings is 1. The SMILES string of the molecule is CCOC1CCN(S(=O)(=O)c2cccc(C(N)=S)c2)CC1. The van der Waals surface area contributed by atoms with E-state index in [-0.39, 0.29) is 16.0 Å². The molecule has 0 aliphatic carbocycles. The van der Waals surface area contributed by atoms with Gasteiger partial charge in [-0.15, -0.1) is 0 Å². The Morgan fingerprint density at radius 1 is 1.43 bits per heavy atom. The van der Waals surface area contributed by atoms with E-state index >= 15 is 0 Å². The van der Waals surface area contributed by atoms with E-state index in [0.717, 1.165) is 12.8 Å². The molecule has 1 aliphatic heterocycles. The van der Waals surface area contributed by atoms with Crippen molar-refractivity contribution in [3.63, 3.8) is 0 Å². The van der Waals surface area contributed by atoms with Gasteiger partial charge in [-0.1, -0.05) is 24.4 Å². The Bertz CT molecular complexity index is 608. The van der Waals surface area contributed by atoms with Crippen LogP contribution in [0, 0.1) is 0 Å². The Balaban J connectivity index is 2.16. The molecule has 2 N–H and O–H groups in total. The lowest BCUT2D eigenvalue weighted by molar-refractivity contribution is 0.0290. The average molecular weight is 328 g/mol. The van der Waals surface area contributed by atoms with Gasteiger partial charge < -0.3 is 10.5 Å². The van der Waals surface area contributed by atoms with Gasteiger partial charge in [-0.3, -0.25) is 0 Å². The van der Waals surface area contributed by atoms with Crippen LogP contribution in [-0.4, -0.2) is 43.5 Å². The third-order valence-corrected chi connectivity index (χ3v) is 5.69. The zero-order valence-electron chi connectivity index (χ0n) is 12.0. The number of rotatable bonds is 5. The van der Waals surface area contributed by atoms with Crippen molar-refractivity contribution in [3.05, 3.63) is 29.8 Å². The van der Waals surface area contributed by atoms with E-state index in [2.05, 4.69) is 0 Å². The zero-order chi connectivity index (χ0) is 15.5. The van der Waals surface area contributed by atoms with Gasteiger partial charge >= 0.3 is 0 Å². The molecule has 0 saturated carbocycles. The predicted octanol–water partition coefficient (Wildman–Crippen LogP) is 1.51. The van der Waals surface area contributed by atoms with Gasteiger partial charge in [-0.05, 0) is 31.9 Å². The van der Waals surface area contributed by atoms with E-state index < -0.39 is 10.0 Å². The van der Waals surface area contributed by atoms with Crippen molar-refractivity contribution >= 4 is 27.2 Å². The van der Waals surface area contributed by atoms with Crippen molar-refractivity contribution < 1.29 is 13.2 Å². The Hall–Kier alpha value is -1.02.